The van der Waals surface area contributed by atoms with E-state index in [0.29, 0.717) is 23.0 Å². The molecule has 42 heavy (non-hydrogen) atoms. The Morgan fingerprint density at radius 1 is 0.976 bits per heavy atom. The predicted octanol–water partition coefficient (Wildman–Crippen LogP) is 6.38. The van der Waals surface area contributed by atoms with Gasteiger partial charge in [-0.15, -0.1) is 0 Å². The molecule has 0 radical (unpaired) electrons. The zero-order valence-electron chi connectivity index (χ0n) is 21.6. The van der Waals surface area contributed by atoms with Gasteiger partial charge in [-0.1, -0.05) is 11.6 Å². The average Bonchev–Trinajstić information content (AvgIpc) is 3.35. The first kappa shape index (κ1) is 27.0. The molecule has 9 nitrogen and oxygen atoms in total. The van der Waals surface area contributed by atoms with Crippen molar-refractivity contribution in [1.29, 1.82) is 0 Å². The molecule has 0 bridgehead atoms. The van der Waals surface area contributed by atoms with Gasteiger partial charge in [-0.3, -0.25) is 14.2 Å². The maximum atomic E-state index is 13.3. The number of hydrogen-bond donors (Lipinski definition) is 1. The molecule has 0 fully saturated rings. The molecule has 0 atom stereocenters. The Balaban J connectivity index is 1.31. The fourth-order valence-electron chi connectivity index (χ4n) is 4.44. The zero-order chi connectivity index (χ0) is 29.6. The lowest BCUT2D eigenvalue weighted by molar-refractivity contribution is -0.137. The van der Waals surface area contributed by atoms with Gasteiger partial charge in [0.05, 0.1) is 27.0 Å². The van der Waals surface area contributed by atoms with Crippen LogP contribution in [0.3, 0.4) is 0 Å². The molecule has 0 saturated heterocycles. The molecule has 6 aromatic rings. The third-order valence-corrected chi connectivity index (χ3v) is 6.80. The van der Waals surface area contributed by atoms with Crippen LogP contribution >= 0.6 is 11.6 Å². The van der Waals surface area contributed by atoms with Crippen molar-refractivity contribution in [2.75, 3.05) is 5.32 Å². The number of halogens is 4. The summed E-state index contributed by atoms with van der Waals surface area (Å²) in [5, 5.41) is 3.25. The Kier molecular flexibility index (Phi) is 6.62. The van der Waals surface area contributed by atoms with E-state index >= 15 is 0 Å². The summed E-state index contributed by atoms with van der Waals surface area (Å²) >= 11 is 6.23. The Morgan fingerprint density at radius 3 is 2.50 bits per heavy atom. The monoisotopic (exact) mass is 590 g/mol. The van der Waals surface area contributed by atoms with E-state index in [1.54, 1.807) is 24.3 Å². The standard InChI is InChI=1S/C29H18ClF3N6O3/c1-38-12-10-20-25(38)35-15-36-28(20)42-18-7-5-17(6-8-18)37-27(41)21-14-39(26-19(24(21)40)3-2-11-34-26)23-9-4-16(13-22(23)30)29(31,32)33/h2-15H,1H3,(H,37,41). The summed E-state index contributed by atoms with van der Waals surface area (Å²) < 4.78 is 48.6. The van der Waals surface area contributed by atoms with E-state index in [1.807, 2.05) is 23.9 Å². The highest BCUT2D eigenvalue weighted by Gasteiger charge is 2.31. The molecular formula is C29H18ClF3N6O3. The van der Waals surface area contributed by atoms with Gasteiger partial charge >= 0.3 is 6.18 Å². The Labute approximate surface area is 239 Å². The third-order valence-electron chi connectivity index (χ3n) is 6.49. The molecule has 0 unspecified atom stereocenters. The minimum atomic E-state index is -4.60. The summed E-state index contributed by atoms with van der Waals surface area (Å²) in [7, 11) is 1.86. The lowest BCUT2D eigenvalue weighted by Gasteiger charge is -2.15. The lowest BCUT2D eigenvalue weighted by Crippen LogP contribution is -2.24. The number of carbonyl (C=O) groups is 1. The topological polar surface area (TPSA) is 104 Å². The third kappa shape index (κ3) is 4.92. The molecule has 4 heterocycles. The number of anilines is 1. The fraction of sp³-hybridized carbons (Fsp3) is 0.0690. The Morgan fingerprint density at radius 2 is 1.76 bits per heavy atom. The van der Waals surface area contributed by atoms with Crippen molar-refractivity contribution in [2.45, 2.75) is 6.18 Å². The van der Waals surface area contributed by atoms with Crippen LogP contribution in [0.5, 0.6) is 11.6 Å². The molecule has 2 aromatic carbocycles. The van der Waals surface area contributed by atoms with Crippen molar-refractivity contribution >= 4 is 45.3 Å². The van der Waals surface area contributed by atoms with Crippen molar-refractivity contribution < 1.29 is 22.7 Å². The van der Waals surface area contributed by atoms with Gasteiger partial charge in [0.2, 0.25) is 11.3 Å². The molecule has 0 aliphatic heterocycles. The number of nitrogens with zero attached hydrogens (tertiary/aromatic N) is 5. The first-order valence-electron chi connectivity index (χ1n) is 12.3. The van der Waals surface area contributed by atoms with Crippen LogP contribution in [-0.4, -0.2) is 30.0 Å². The summed E-state index contributed by atoms with van der Waals surface area (Å²) in [5.41, 5.74) is -0.499. The number of alkyl halides is 3. The zero-order valence-corrected chi connectivity index (χ0v) is 22.3. The van der Waals surface area contributed by atoms with Crippen molar-refractivity contribution in [2.24, 2.45) is 7.05 Å². The van der Waals surface area contributed by atoms with Gasteiger partial charge in [-0.25, -0.2) is 15.0 Å². The van der Waals surface area contributed by atoms with Crippen LogP contribution in [0.4, 0.5) is 18.9 Å². The van der Waals surface area contributed by atoms with E-state index in [9.17, 15) is 22.8 Å². The SMILES string of the molecule is Cn1ccc2c(Oc3ccc(NC(=O)c4cn(-c5ccc(C(F)(F)F)cc5Cl)c5ncccc5c4=O)cc3)ncnc21. The number of amides is 1. The molecule has 0 spiro atoms. The highest BCUT2D eigenvalue weighted by Crippen LogP contribution is 2.34. The van der Waals surface area contributed by atoms with Crippen LogP contribution in [-0.2, 0) is 13.2 Å². The number of nitrogens with one attached hydrogen (secondary N) is 1. The number of benzene rings is 2. The number of hydrogen-bond acceptors (Lipinski definition) is 6. The minimum Gasteiger partial charge on any atom is -0.438 e. The van der Waals surface area contributed by atoms with E-state index < -0.39 is 23.1 Å². The number of fused-ring (bicyclic) bond motifs is 2. The predicted molar refractivity (Wildman–Crippen MR) is 150 cm³/mol. The molecule has 1 N–H and O–H groups in total. The highest BCUT2D eigenvalue weighted by atomic mass is 35.5. The molecule has 0 saturated carbocycles. The number of aryl methyl sites for hydroxylation is 1. The van der Waals surface area contributed by atoms with Crippen molar-refractivity contribution in [3.63, 3.8) is 0 Å². The first-order valence-corrected chi connectivity index (χ1v) is 12.7. The quantitative estimate of drug-likeness (QED) is 0.250. The van der Waals surface area contributed by atoms with Crippen LogP contribution in [0.25, 0.3) is 27.8 Å². The minimum absolute atomic E-state index is 0.0851. The molecule has 13 heteroatoms. The second kappa shape index (κ2) is 10.3. The molecule has 4 aromatic heterocycles. The first-order chi connectivity index (χ1) is 20.1. The van der Waals surface area contributed by atoms with Gasteiger partial charge in [0, 0.05) is 31.3 Å². The molecule has 1 amide bonds. The maximum Gasteiger partial charge on any atom is 0.416 e. The van der Waals surface area contributed by atoms with E-state index in [1.165, 1.54) is 35.4 Å². The number of ether oxygens (including phenoxy) is 1. The molecular weight excluding hydrogens is 573 g/mol. The van der Waals surface area contributed by atoms with Gasteiger partial charge in [-0.2, -0.15) is 13.2 Å². The molecule has 0 aliphatic rings. The van der Waals surface area contributed by atoms with E-state index in [4.69, 9.17) is 16.3 Å². The Hall–Kier alpha value is -5.23. The highest BCUT2D eigenvalue weighted by molar-refractivity contribution is 6.32. The van der Waals surface area contributed by atoms with Crippen LogP contribution < -0.4 is 15.5 Å². The van der Waals surface area contributed by atoms with Crippen LogP contribution in [0, 0.1) is 0 Å². The van der Waals surface area contributed by atoms with E-state index in [2.05, 4.69) is 20.3 Å². The lowest BCUT2D eigenvalue weighted by atomic mass is 10.1. The summed E-state index contributed by atoms with van der Waals surface area (Å²) in [5.74, 6) is 0.0792. The van der Waals surface area contributed by atoms with Crippen LogP contribution in [0.1, 0.15) is 15.9 Å². The van der Waals surface area contributed by atoms with Gasteiger partial charge in [0.15, 0.2) is 0 Å². The molecule has 6 rings (SSSR count). The maximum absolute atomic E-state index is 13.3. The molecule has 0 aliphatic carbocycles. The number of rotatable bonds is 5. The summed E-state index contributed by atoms with van der Waals surface area (Å²) in [6, 6.07) is 14.0. The average molecular weight is 591 g/mol. The van der Waals surface area contributed by atoms with Gasteiger partial charge in [0.25, 0.3) is 5.91 Å². The normalized spacial score (nSPS) is 11.6. The van der Waals surface area contributed by atoms with Crippen LogP contribution in [0.2, 0.25) is 5.02 Å². The number of carbonyl (C=O) groups excluding carboxylic acids is 1. The second-order valence-electron chi connectivity index (χ2n) is 9.20. The number of aromatic nitrogens is 5. The molecule has 210 valence electrons. The van der Waals surface area contributed by atoms with Crippen molar-refractivity contribution in [1.82, 2.24) is 24.1 Å². The summed E-state index contributed by atoms with van der Waals surface area (Å²) in [6.07, 6.45) is 1.27. The largest absolute Gasteiger partial charge is 0.438 e. The fourth-order valence-corrected chi connectivity index (χ4v) is 4.71. The van der Waals surface area contributed by atoms with Gasteiger partial charge in [-0.05, 0) is 60.7 Å². The van der Waals surface area contributed by atoms with Crippen LogP contribution in [0.15, 0.2) is 90.4 Å². The van der Waals surface area contributed by atoms with E-state index in [0.717, 1.165) is 23.6 Å². The van der Waals surface area contributed by atoms with Gasteiger partial charge < -0.3 is 14.6 Å². The number of pyridine rings is 2. The Bertz CT molecular complexity index is 2060. The van der Waals surface area contributed by atoms with Crippen molar-refractivity contribution in [3.05, 3.63) is 112 Å². The van der Waals surface area contributed by atoms with E-state index in [-0.39, 0.29) is 27.3 Å². The smallest absolute Gasteiger partial charge is 0.416 e. The summed E-state index contributed by atoms with van der Waals surface area (Å²) in [6.45, 7) is 0. The second-order valence-corrected chi connectivity index (χ2v) is 9.61. The summed E-state index contributed by atoms with van der Waals surface area (Å²) in [4.78, 5) is 39.2. The van der Waals surface area contributed by atoms with Crippen molar-refractivity contribution in [3.8, 4) is 17.3 Å². The van der Waals surface area contributed by atoms with Gasteiger partial charge in [0.1, 0.15) is 28.9 Å².